The highest BCUT2D eigenvalue weighted by molar-refractivity contribution is 5.76. The van der Waals surface area contributed by atoms with Gasteiger partial charge < -0.3 is 10.1 Å². The number of carbonyl (C=O) groups is 1. The zero-order valence-electron chi connectivity index (χ0n) is 7.80. The number of hydrogen-bond donors (Lipinski definition) is 1. The largest absolute Gasteiger partial charge is 0.377 e. The van der Waals surface area contributed by atoms with Crippen LogP contribution in [-0.4, -0.2) is 24.7 Å². The molecule has 70 valence electrons. The molecule has 3 nitrogen and oxygen atoms in total. The Hall–Kier alpha value is -0.570. The summed E-state index contributed by atoms with van der Waals surface area (Å²) in [4.78, 5) is 11.0. The first-order chi connectivity index (χ1) is 5.68. The molecule has 0 aliphatic carbocycles. The number of hydrogen-bond acceptors (Lipinski definition) is 2. The van der Waals surface area contributed by atoms with E-state index < -0.39 is 0 Å². The summed E-state index contributed by atoms with van der Waals surface area (Å²) in [5, 5.41) is 2.91. The van der Waals surface area contributed by atoms with Crippen molar-refractivity contribution in [3.63, 3.8) is 0 Å². The van der Waals surface area contributed by atoms with E-state index in [2.05, 4.69) is 5.32 Å². The monoisotopic (exact) mass is 171 g/mol. The van der Waals surface area contributed by atoms with Crippen molar-refractivity contribution in [2.24, 2.45) is 0 Å². The van der Waals surface area contributed by atoms with Crippen molar-refractivity contribution in [3.8, 4) is 0 Å². The van der Waals surface area contributed by atoms with Gasteiger partial charge in [0.25, 0.3) is 0 Å². The highest BCUT2D eigenvalue weighted by atomic mass is 16.5. The van der Waals surface area contributed by atoms with Crippen molar-refractivity contribution in [3.05, 3.63) is 0 Å². The van der Waals surface area contributed by atoms with E-state index in [0.717, 1.165) is 12.8 Å². The summed E-state index contributed by atoms with van der Waals surface area (Å²) in [7, 11) is 0. The Morgan fingerprint density at radius 1 is 1.67 bits per heavy atom. The van der Waals surface area contributed by atoms with Crippen LogP contribution in [0.3, 0.4) is 0 Å². The second-order valence-electron chi connectivity index (χ2n) is 3.54. The normalized spacial score (nSPS) is 24.2. The molecule has 1 heterocycles. The topological polar surface area (TPSA) is 38.3 Å². The van der Waals surface area contributed by atoms with Crippen LogP contribution >= 0.6 is 0 Å². The molecule has 12 heavy (non-hydrogen) atoms. The highest BCUT2D eigenvalue weighted by Gasteiger charge is 2.17. The van der Waals surface area contributed by atoms with Crippen LogP contribution in [0.1, 0.15) is 33.1 Å². The fourth-order valence-corrected chi connectivity index (χ4v) is 1.31. The number of ether oxygens (including phenoxy) is 1. The van der Waals surface area contributed by atoms with Crippen LogP contribution in [0.4, 0.5) is 0 Å². The Morgan fingerprint density at radius 3 is 3.00 bits per heavy atom. The standard InChI is InChI=1S/C9H17NO2/c1-7(2)12-6-8-4-3-5-9(11)10-8/h7-8H,3-6H2,1-2H3,(H,10,11). The summed E-state index contributed by atoms with van der Waals surface area (Å²) in [6, 6.07) is 0.244. The average molecular weight is 171 g/mol. The molecule has 1 amide bonds. The number of carbonyl (C=O) groups excluding carboxylic acids is 1. The van der Waals surface area contributed by atoms with Gasteiger partial charge >= 0.3 is 0 Å². The lowest BCUT2D eigenvalue weighted by atomic mass is 10.1. The quantitative estimate of drug-likeness (QED) is 0.690. The molecule has 1 atom stereocenters. The molecule has 1 rings (SSSR count). The molecule has 0 radical (unpaired) electrons. The maximum Gasteiger partial charge on any atom is 0.220 e. The summed E-state index contributed by atoms with van der Waals surface area (Å²) in [6.07, 6.45) is 2.98. The fraction of sp³-hybridized carbons (Fsp3) is 0.889. The van der Waals surface area contributed by atoms with Gasteiger partial charge in [0.15, 0.2) is 0 Å². The summed E-state index contributed by atoms with van der Waals surface area (Å²) < 4.78 is 5.41. The zero-order valence-corrected chi connectivity index (χ0v) is 7.80. The molecular weight excluding hydrogens is 154 g/mol. The Morgan fingerprint density at radius 2 is 2.42 bits per heavy atom. The molecule has 0 aromatic carbocycles. The molecule has 1 aliphatic heterocycles. The lowest BCUT2D eigenvalue weighted by molar-refractivity contribution is -0.124. The van der Waals surface area contributed by atoms with Crippen molar-refractivity contribution in [2.45, 2.75) is 45.3 Å². The Bertz CT molecular complexity index is 157. The number of rotatable bonds is 3. The Kier molecular flexibility index (Phi) is 3.53. The summed E-state index contributed by atoms with van der Waals surface area (Å²) in [5.74, 6) is 0.165. The van der Waals surface area contributed by atoms with Crippen molar-refractivity contribution in [1.82, 2.24) is 5.32 Å². The van der Waals surface area contributed by atoms with Crippen LogP contribution in [0.15, 0.2) is 0 Å². The van der Waals surface area contributed by atoms with Gasteiger partial charge in [-0.1, -0.05) is 0 Å². The molecular formula is C9H17NO2. The summed E-state index contributed by atoms with van der Waals surface area (Å²) in [5.41, 5.74) is 0. The molecule has 3 heteroatoms. The zero-order chi connectivity index (χ0) is 8.97. The predicted octanol–water partition coefficient (Wildman–Crippen LogP) is 1.08. The molecule has 1 saturated heterocycles. The van der Waals surface area contributed by atoms with Gasteiger partial charge in [-0.25, -0.2) is 0 Å². The smallest absolute Gasteiger partial charge is 0.220 e. The van der Waals surface area contributed by atoms with Crippen molar-refractivity contribution < 1.29 is 9.53 Å². The van der Waals surface area contributed by atoms with E-state index in [1.807, 2.05) is 13.8 Å². The van der Waals surface area contributed by atoms with E-state index in [1.165, 1.54) is 0 Å². The van der Waals surface area contributed by atoms with Gasteiger partial charge in [-0.2, -0.15) is 0 Å². The molecule has 1 fully saturated rings. The van der Waals surface area contributed by atoms with Gasteiger partial charge in [0.05, 0.1) is 18.8 Å². The maximum atomic E-state index is 11.0. The molecule has 0 bridgehead atoms. The third-order valence-electron chi connectivity index (χ3n) is 1.95. The molecule has 1 N–H and O–H groups in total. The van der Waals surface area contributed by atoms with E-state index in [-0.39, 0.29) is 18.1 Å². The third kappa shape index (κ3) is 3.22. The van der Waals surface area contributed by atoms with Crippen LogP contribution < -0.4 is 5.32 Å². The predicted molar refractivity (Wildman–Crippen MR) is 46.9 cm³/mol. The molecule has 0 aromatic heterocycles. The second kappa shape index (κ2) is 4.45. The van der Waals surface area contributed by atoms with Crippen LogP contribution in [0.25, 0.3) is 0 Å². The number of nitrogens with one attached hydrogen (secondary N) is 1. The van der Waals surface area contributed by atoms with Crippen molar-refractivity contribution in [2.75, 3.05) is 6.61 Å². The minimum Gasteiger partial charge on any atom is -0.377 e. The fourth-order valence-electron chi connectivity index (χ4n) is 1.31. The van der Waals surface area contributed by atoms with Gasteiger partial charge in [0.1, 0.15) is 0 Å². The van der Waals surface area contributed by atoms with Crippen molar-refractivity contribution in [1.29, 1.82) is 0 Å². The summed E-state index contributed by atoms with van der Waals surface area (Å²) >= 11 is 0. The number of piperidine rings is 1. The van der Waals surface area contributed by atoms with Gasteiger partial charge in [-0.3, -0.25) is 4.79 Å². The van der Waals surface area contributed by atoms with Crippen LogP contribution in [0.2, 0.25) is 0 Å². The molecule has 0 aromatic rings. The van der Waals surface area contributed by atoms with Crippen LogP contribution in [0.5, 0.6) is 0 Å². The van der Waals surface area contributed by atoms with E-state index >= 15 is 0 Å². The first-order valence-corrected chi connectivity index (χ1v) is 4.59. The minimum absolute atomic E-state index is 0.165. The first kappa shape index (κ1) is 9.52. The van der Waals surface area contributed by atoms with E-state index in [0.29, 0.717) is 13.0 Å². The van der Waals surface area contributed by atoms with Crippen LogP contribution in [0, 0.1) is 0 Å². The molecule has 1 unspecified atom stereocenters. The Labute approximate surface area is 73.5 Å². The Balaban J connectivity index is 2.18. The van der Waals surface area contributed by atoms with Gasteiger partial charge in [-0.05, 0) is 26.7 Å². The van der Waals surface area contributed by atoms with Gasteiger partial charge in [0, 0.05) is 6.42 Å². The van der Waals surface area contributed by atoms with E-state index in [9.17, 15) is 4.79 Å². The van der Waals surface area contributed by atoms with E-state index in [4.69, 9.17) is 4.74 Å². The van der Waals surface area contributed by atoms with Gasteiger partial charge in [-0.15, -0.1) is 0 Å². The van der Waals surface area contributed by atoms with Crippen LogP contribution in [-0.2, 0) is 9.53 Å². The molecule has 0 spiro atoms. The average Bonchev–Trinajstić information content (AvgIpc) is 2.01. The minimum atomic E-state index is 0.165. The molecule has 0 saturated carbocycles. The molecule has 1 aliphatic rings. The third-order valence-corrected chi connectivity index (χ3v) is 1.95. The SMILES string of the molecule is CC(C)OCC1CCCC(=O)N1. The summed E-state index contributed by atoms with van der Waals surface area (Å²) in [6.45, 7) is 4.67. The van der Waals surface area contributed by atoms with Crippen molar-refractivity contribution >= 4 is 5.91 Å². The number of amides is 1. The highest BCUT2D eigenvalue weighted by Crippen LogP contribution is 2.08. The second-order valence-corrected chi connectivity index (χ2v) is 3.54. The van der Waals surface area contributed by atoms with Gasteiger partial charge in [0.2, 0.25) is 5.91 Å². The lowest BCUT2D eigenvalue weighted by Gasteiger charge is -2.23. The lowest BCUT2D eigenvalue weighted by Crippen LogP contribution is -2.42. The first-order valence-electron chi connectivity index (χ1n) is 4.59. The maximum absolute atomic E-state index is 11.0. The van der Waals surface area contributed by atoms with E-state index in [1.54, 1.807) is 0 Å².